The normalized spacial score (nSPS) is 27.0. The second-order valence-electron chi connectivity index (χ2n) is 3.65. The van der Waals surface area contributed by atoms with Crippen LogP contribution in [0.2, 0.25) is 0 Å². The van der Waals surface area contributed by atoms with Crippen molar-refractivity contribution in [2.24, 2.45) is 0 Å². The highest BCUT2D eigenvalue weighted by atomic mass is 35.5. The van der Waals surface area contributed by atoms with Gasteiger partial charge in [-0.05, 0) is 19.8 Å². The standard InChI is InChI=1S/C10H20ClNO2/c1-9-2-3-10(14-9)8-12-5-7-13-6-4-11/h9-10,12H,2-8H2,1H3. The molecular weight excluding hydrogens is 202 g/mol. The predicted molar refractivity (Wildman–Crippen MR) is 58.0 cm³/mol. The van der Waals surface area contributed by atoms with Gasteiger partial charge < -0.3 is 14.8 Å². The lowest BCUT2D eigenvalue weighted by molar-refractivity contribution is 0.0543. The summed E-state index contributed by atoms with van der Waals surface area (Å²) in [6, 6.07) is 0. The molecule has 1 fully saturated rings. The Morgan fingerprint density at radius 2 is 2.29 bits per heavy atom. The van der Waals surface area contributed by atoms with Crippen LogP contribution in [0.4, 0.5) is 0 Å². The largest absolute Gasteiger partial charge is 0.379 e. The summed E-state index contributed by atoms with van der Waals surface area (Å²) in [5.74, 6) is 0.573. The number of nitrogens with one attached hydrogen (secondary N) is 1. The second kappa shape index (κ2) is 7.46. The zero-order chi connectivity index (χ0) is 10.2. The third-order valence-corrected chi connectivity index (χ3v) is 2.49. The molecule has 1 heterocycles. The highest BCUT2D eigenvalue weighted by molar-refractivity contribution is 6.17. The summed E-state index contributed by atoms with van der Waals surface area (Å²) >= 11 is 5.47. The van der Waals surface area contributed by atoms with Crippen LogP contribution >= 0.6 is 11.6 Å². The highest BCUT2D eigenvalue weighted by Crippen LogP contribution is 2.17. The van der Waals surface area contributed by atoms with Gasteiger partial charge in [-0.3, -0.25) is 0 Å². The maximum Gasteiger partial charge on any atom is 0.0704 e. The van der Waals surface area contributed by atoms with E-state index in [2.05, 4.69) is 12.2 Å². The van der Waals surface area contributed by atoms with E-state index in [4.69, 9.17) is 21.1 Å². The molecule has 0 saturated carbocycles. The van der Waals surface area contributed by atoms with E-state index in [1.807, 2.05) is 0 Å². The Kier molecular flexibility index (Phi) is 6.52. The Morgan fingerprint density at radius 1 is 1.43 bits per heavy atom. The van der Waals surface area contributed by atoms with Gasteiger partial charge in [0.1, 0.15) is 0 Å². The average molecular weight is 222 g/mol. The smallest absolute Gasteiger partial charge is 0.0704 e. The fourth-order valence-electron chi connectivity index (χ4n) is 1.60. The van der Waals surface area contributed by atoms with Crippen LogP contribution in [0.15, 0.2) is 0 Å². The molecule has 0 bridgehead atoms. The van der Waals surface area contributed by atoms with Crippen LogP contribution in [0, 0.1) is 0 Å². The zero-order valence-electron chi connectivity index (χ0n) is 8.80. The molecule has 1 aliphatic rings. The molecule has 2 atom stereocenters. The van der Waals surface area contributed by atoms with E-state index in [1.54, 1.807) is 0 Å². The molecular formula is C10H20ClNO2. The SMILES string of the molecule is CC1CCC(CNCCOCCCl)O1. The molecule has 0 aromatic heterocycles. The van der Waals surface area contributed by atoms with E-state index < -0.39 is 0 Å². The maximum absolute atomic E-state index is 5.66. The number of alkyl halides is 1. The molecule has 1 N–H and O–H groups in total. The summed E-state index contributed by atoms with van der Waals surface area (Å²) in [5, 5.41) is 3.31. The topological polar surface area (TPSA) is 30.5 Å². The Labute approximate surface area is 91.1 Å². The van der Waals surface area contributed by atoms with Gasteiger partial charge in [0.25, 0.3) is 0 Å². The molecule has 0 spiro atoms. The fourth-order valence-corrected chi connectivity index (χ4v) is 1.71. The lowest BCUT2D eigenvalue weighted by atomic mass is 10.2. The third kappa shape index (κ3) is 5.15. The molecule has 14 heavy (non-hydrogen) atoms. The average Bonchev–Trinajstić information content (AvgIpc) is 2.58. The first-order chi connectivity index (χ1) is 6.83. The second-order valence-corrected chi connectivity index (χ2v) is 4.03. The quantitative estimate of drug-likeness (QED) is 0.521. The van der Waals surface area contributed by atoms with Crippen molar-refractivity contribution in [3.05, 3.63) is 0 Å². The summed E-state index contributed by atoms with van der Waals surface area (Å²) in [4.78, 5) is 0. The third-order valence-electron chi connectivity index (χ3n) is 2.34. The molecule has 0 aromatic rings. The molecule has 0 aromatic carbocycles. The minimum Gasteiger partial charge on any atom is -0.379 e. The molecule has 84 valence electrons. The monoisotopic (exact) mass is 221 g/mol. The number of hydrogen-bond donors (Lipinski definition) is 1. The first kappa shape index (κ1) is 12.2. The molecule has 1 aliphatic heterocycles. The zero-order valence-corrected chi connectivity index (χ0v) is 9.55. The van der Waals surface area contributed by atoms with Gasteiger partial charge in [0, 0.05) is 19.0 Å². The molecule has 4 heteroatoms. The molecule has 0 amide bonds. The van der Waals surface area contributed by atoms with Crippen LogP contribution in [0.3, 0.4) is 0 Å². The minimum absolute atomic E-state index is 0.401. The first-order valence-electron chi connectivity index (χ1n) is 5.33. The van der Waals surface area contributed by atoms with Crippen LogP contribution in [0.1, 0.15) is 19.8 Å². The van der Waals surface area contributed by atoms with Crippen LogP contribution in [-0.2, 0) is 9.47 Å². The van der Waals surface area contributed by atoms with Crippen LogP contribution in [0.25, 0.3) is 0 Å². The van der Waals surface area contributed by atoms with Crippen molar-refractivity contribution >= 4 is 11.6 Å². The Bertz CT molecular complexity index is 146. The lowest BCUT2D eigenvalue weighted by Gasteiger charge is -2.11. The Balaban J connectivity index is 1.84. The number of hydrogen-bond acceptors (Lipinski definition) is 3. The van der Waals surface area contributed by atoms with E-state index in [-0.39, 0.29) is 0 Å². The minimum atomic E-state index is 0.401. The van der Waals surface area contributed by atoms with Gasteiger partial charge in [0.15, 0.2) is 0 Å². The van der Waals surface area contributed by atoms with Crippen molar-refractivity contribution < 1.29 is 9.47 Å². The van der Waals surface area contributed by atoms with Gasteiger partial charge >= 0.3 is 0 Å². The van der Waals surface area contributed by atoms with Gasteiger partial charge in [-0.15, -0.1) is 11.6 Å². The highest BCUT2D eigenvalue weighted by Gasteiger charge is 2.20. The number of rotatable bonds is 7. The summed E-state index contributed by atoms with van der Waals surface area (Å²) < 4.78 is 10.9. The van der Waals surface area contributed by atoms with E-state index in [0.29, 0.717) is 24.7 Å². The Hall–Kier alpha value is 0.170. The van der Waals surface area contributed by atoms with Crippen molar-refractivity contribution in [3.63, 3.8) is 0 Å². The van der Waals surface area contributed by atoms with Crippen molar-refractivity contribution in [1.82, 2.24) is 5.32 Å². The molecule has 0 aliphatic carbocycles. The molecule has 0 radical (unpaired) electrons. The lowest BCUT2D eigenvalue weighted by Crippen LogP contribution is -2.29. The van der Waals surface area contributed by atoms with Gasteiger partial charge in [0.05, 0.1) is 25.4 Å². The van der Waals surface area contributed by atoms with Crippen molar-refractivity contribution in [2.75, 3.05) is 32.2 Å². The Morgan fingerprint density at radius 3 is 2.93 bits per heavy atom. The van der Waals surface area contributed by atoms with E-state index in [1.165, 1.54) is 12.8 Å². The van der Waals surface area contributed by atoms with Crippen LogP contribution in [0.5, 0.6) is 0 Å². The maximum atomic E-state index is 5.66. The molecule has 1 saturated heterocycles. The number of ether oxygens (including phenoxy) is 2. The fraction of sp³-hybridized carbons (Fsp3) is 1.00. The first-order valence-corrected chi connectivity index (χ1v) is 5.86. The van der Waals surface area contributed by atoms with E-state index >= 15 is 0 Å². The summed E-state index contributed by atoms with van der Waals surface area (Å²) in [6.07, 6.45) is 3.21. The van der Waals surface area contributed by atoms with E-state index in [0.717, 1.165) is 19.7 Å². The molecule has 1 rings (SSSR count). The van der Waals surface area contributed by atoms with Gasteiger partial charge in [0.2, 0.25) is 0 Å². The number of halogens is 1. The van der Waals surface area contributed by atoms with Gasteiger partial charge in [-0.25, -0.2) is 0 Å². The predicted octanol–water partition coefficient (Wildman–Crippen LogP) is 1.40. The van der Waals surface area contributed by atoms with E-state index in [9.17, 15) is 0 Å². The van der Waals surface area contributed by atoms with Crippen molar-refractivity contribution in [2.45, 2.75) is 32.0 Å². The molecule has 3 nitrogen and oxygen atoms in total. The van der Waals surface area contributed by atoms with Crippen molar-refractivity contribution in [1.29, 1.82) is 0 Å². The molecule has 2 unspecified atom stereocenters. The summed E-state index contributed by atoms with van der Waals surface area (Å²) in [6.45, 7) is 5.32. The van der Waals surface area contributed by atoms with Crippen LogP contribution in [-0.4, -0.2) is 44.4 Å². The van der Waals surface area contributed by atoms with Crippen molar-refractivity contribution in [3.8, 4) is 0 Å². The van der Waals surface area contributed by atoms with Crippen LogP contribution < -0.4 is 5.32 Å². The van der Waals surface area contributed by atoms with Gasteiger partial charge in [-0.1, -0.05) is 0 Å². The summed E-state index contributed by atoms with van der Waals surface area (Å²) in [5.41, 5.74) is 0. The summed E-state index contributed by atoms with van der Waals surface area (Å²) in [7, 11) is 0. The van der Waals surface area contributed by atoms with Gasteiger partial charge in [-0.2, -0.15) is 0 Å².